The first kappa shape index (κ1) is 15.5. The van der Waals surface area contributed by atoms with Gasteiger partial charge in [0.05, 0.1) is 12.2 Å². The maximum atomic E-state index is 13.2. The fourth-order valence-electron chi connectivity index (χ4n) is 2.22. The van der Waals surface area contributed by atoms with Crippen LogP contribution in [-0.4, -0.2) is 19.0 Å². The van der Waals surface area contributed by atoms with Crippen LogP contribution >= 0.6 is 0 Å². The summed E-state index contributed by atoms with van der Waals surface area (Å²) < 4.78 is 18.9. The average molecular weight is 314 g/mol. The van der Waals surface area contributed by atoms with Crippen LogP contribution in [0.3, 0.4) is 0 Å². The fraction of sp³-hybridized carbons (Fsp3) is 0.278. The van der Waals surface area contributed by atoms with E-state index in [2.05, 4.69) is 10.6 Å². The number of amides is 1. The molecule has 1 amide bonds. The van der Waals surface area contributed by atoms with Crippen molar-refractivity contribution in [3.8, 4) is 11.5 Å². The minimum absolute atomic E-state index is 0.124. The zero-order chi connectivity index (χ0) is 16.1. The summed E-state index contributed by atoms with van der Waals surface area (Å²) in [7, 11) is 0. The molecule has 2 N–H and O–H groups in total. The van der Waals surface area contributed by atoms with Crippen molar-refractivity contribution in [2.75, 3.05) is 18.4 Å². The Bertz CT molecular complexity index is 686. The molecule has 5 heteroatoms. The van der Waals surface area contributed by atoms with Gasteiger partial charge in [-0.15, -0.1) is 0 Å². The molecule has 3 rings (SSSR count). The molecule has 2 aromatic carbocycles. The monoisotopic (exact) mass is 314 g/mol. The van der Waals surface area contributed by atoms with Crippen molar-refractivity contribution in [1.82, 2.24) is 5.32 Å². The zero-order valence-electron chi connectivity index (χ0n) is 12.7. The molecule has 1 aliphatic rings. The summed E-state index contributed by atoms with van der Waals surface area (Å²) in [5.74, 6) is 1.10. The van der Waals surface area contributed by atoms with Crippen molar-refractivity contribution in [1.29, 1.82) is 0 Å². The first-order valence-electron chi connectivity index (χ1n) is 7.74. The van der Waals surface area contributed by atoms with Crippen molar-refractivity contribution in [2.45, 2.75) is 12.8 Å². The highest BCUT2D eigenvalue weighted by atomic mass is 19.1. The van der Waals surface area contributed by atoms with Crippen molar-refractivity contribution in [3.63, 3.8) is 0 Å². The molecule has 0 bridgehead atoms. The van der Waals surface area contributed by atoms with E-state index in [0.29, 0.717) is 17.2 Å². The van der Waals surface area contributed by atoms with Gasteiger partial charge in [0, 0.05) is 6.07 Å². The number of rotatable bonds is 7. The minimum Gasteiger partial charge on any atom is -0.455 e. The molecule has 120 valence electrons. The van der Waals surface area contributed by atoms with Gasteiger partial charge in [0.15, 0.2) is 5.75 Å². The Kier molecular flexibility index (Phi) is 4.88. The van der Waals surface area contributed by atoms with E-state index in [4.69, 9.17) is 4.74 Å². The van der Waals surface area contributed by atoms with E-state index in [0.717, 1.165) is 12.5 Å². The van der Waals surface area contributed by atoms with Gasteiger partial charge >= 0.3 is 0 Å². The van der Waals surface area contributed by atoms with Crippen LogP contribution in [0.2, 0.25) is 0 Å². The van der Waals surface area contributed by atoms with E-state index in [1.165, 1.54) is 25.0 Å². The van der Waals surface area contributed by atoms with E-state index in [1.807, 2.05) is 6.07 Å². The van der Waals surface area contributed by atoms with Gasteiger partial charge in [0.1, 0.15) is 11.6 Å². The molecule has 1 aliphatic carbocycles. The van der Waals surface area contributed by atoms with Gasteiger partial charge < -0.3 is 15.4 Å². The summed E-state index contributed by atoms with van der Waals surface area (Å²) in [6, 6.07) is 13.0. The number of ether oxygens (including phenoxy) is 1. The van der Waals surface area contributed by atoms with Crippen LogP contribution in [0, 0.1) is 11.7 Å². The number of carbonyl (C=O) groups is 1. The third-order valence-corrected chi connectivity index (χ3v) is 3.60. The Hall–Kier alpha value is -2.40. The highest BCUT2D eigenvalue weighted by Crippen LogP contribution is 2.29. The topological polar surface area (TPSA) is 50.4 Å². The molecular weight excluding hydrogens is 295 g/mol. The van der Waals surface area contributed by atoms with Crippen LogP contribution in [0.15, 0.2) is 48.5 Å². The molecule has 1 saturated carbocycles. The number of hydrogen-bond acceptors (Lipinski definition) is 3. The summed E-state index contributed by atoms with van der Waals surface area (Å²) in [6.07, 6.45) is 2.50. The number of carbonyl (C=O) groups excluding carboxylic acids is 1. The highest BCUT2D eigenvalue weighted by Gasteiger charge is 2.20. The molecule has 0 spiro atoms. The molecule has 0 unspecified atom stereocenters. The third-order valence-electron chi connectivity index (χ3n) is 3.60. The van der Waals surface area contributed by atoms with Crippen LogP contribution < -0.4 is 15.4 Å². The van der Waals surface area contributed by atoms with Crippen molar-refractivity contribution >= 4 is 11.6 Å². The number of nitrogens with one attached hydrogen (secondary N) is 2. The molecule has 4 nitrogen and oxygen atoms in total. The quantitative estimate of drug-likeness (QED) is 0.821. The second-order valence-corrected chi connectivity index (χ2v) is 5.68. The first-order valence-corrected chi connectivity index (χ1v) is 7.74. The largest absolute Gasteiger partial charge is 0.455 e. The zero-order valence-corrected chi connectivity index (χ0v) is 12.7. The van der Waals surface area contributed by atoms with E-state index < -0.39 is 0 Å². The summed E-state index contributed by atoms with van der Waals surface area (Å²) in [6.45, 7) is 1.15. The van der Waals surface area contributed by atoms with Crippen molar-refractivity contribution < 1.29 is 13.9 Å². The van der Waals surface area contributed by atoms with Gasteiger partial charge in [-0.3, -0.25) is 4.79 Å². The lowest BCUT2D eigenvalue weighted by Gasteiger charge is -2.12. The fourth-order valence-corrected chi connectivity index (χ4v) is 2.22. The van der Waals surface area contributed by atoms with Crippen LogP contribution in [0.5, 0.6) is 11.5 Å². The van der Waals surface area contributed by atoms with Gasteiger partial charge in [-0.1, -0.05) is 18.2 Å². The molecule has 0 radical (unpaired) electrons. The molecule has 23 heavy (non-hydrogen) atoms. The number of anilines is 1. The highest BCUT2D eigenvalue weighted by molar-refractivity contribution is 5.93. The lowest BCUT2D eigenvalue weighted by Crippen LogP contribution is -2.29. The Balaban J connectivity index is 1.61. The summed E-state index contributed by atoms with van der Waals surface area (Å²) in [5, 5.41) is 5.96. The molecule has 0 heterocycles. The van der Waals surface area contributed by atoms with E-state index in [-0.39, 0.29) is 18.3 Å². The Morgan fingerprint density at radius 3 is 2.78 bits per heavy atom. The number of para-hydroxylation sites is 2. The molecule has 0 atom stereocenters. The van der Waals surface area contributed by atoms with Crippen molar-refractivity contribution in [2.24, 2.45) is 5.92 Å². The number of hydrogen-bond donors (Lipinski definition) is 2. The molecule has 0 saturated heterocycles. The smallest absolute Gasteiger partial charge is 0.238 e. The third kappa shape index (κ3) is 4.79. The molecule has 2 aromatic rings. The minimum atomic E-state index is -0.367. The number of halogens is 1. The molecule has 1 fully saturated rings. The maximum Gasteiger partial charge on any atom is 0.238 e. The predicted molar refractivity (Wildman–Crippen MR) is 87.1 cm³/mol. The number of benzene rings is 2. The van der Waals surface area contributed by atoms with E-state index in [1.54, 1.807) is 30.3 Å². The molecule has 0 aromatic heterocycles. The first-order chi connectivity index (χ1) is 11.2. The second-order valence-electron chi connectivity index (χ2n) is 5.68. The van der Waals surface area contributed by atoms with Gasteiger partial charge in [-0.05, 0) is 49.6 Å². The van der Waals surface area contributed by atoms with Gasteiger partial charge in [0.25, 0.3) is 0 Å². The van der Waals surface area contributed by atoms with E-state index >= 15 is 0 Å². The van der Waals surface area contributed by atoms with Crippen molar-refractivity contribution in [3.05, 3.63) is 54.3 Å². The molecule has 0 aliphatic heterocycles. The standard InChI is InChI=1S/C18H19FN2O2/c19-14-4-3-5-15(10-14)23-17-7-2-1-6-16(17)21-18(22)12-20-11-13-8-9-13/h1-7,10,13,20H,8-9,11-12H2,(H,21,22). The van der Waals surface area contributed by atoms with Crippen LogP contribution in [-0.2, 0) is 4.79 Å². The Morgan fingerprint density at radius 2 is 2.00 bits per heavy atom. The van der Waals surface area contributed by atoms with Crippen LogP contribution in [0.1, 0.15) is 12.8 Å². The second kappa shape index (κ2) is 7.24. The summed E-state index contributed by atoms with van der Waals surface area (Å²) in [5.41, 5.74) is 0.565. The lowest BCUT2D eigenvalue weighted by molar-refractivity contribution is -0.115. The van der Waals surface area contributed by atoms with Gasteiger partial charge in [0.2, 0.25) is 5.91 Å². The summed E-state index contributed by atoms with van der Waals surface area (Å²) >= 11 is 0. The normalized spacial score (nSPS) is 13.6. The van der Waals surface area contributed by atoms with Gasteiger partial charge in [-0.2, -0.15) is 0 Å². The average Bonchev–Trinajstić information content (AvgIpc) is 3.34. The SMILES string of the molecule is O=C(CNCC1CC1)Nc1ccccc1Oc1cccc(F)c1. The predicted octanol–water partition coefficient (Wildman–Crippen LogP) is 3.56. The molecular formula is C18H19FN2O2. The van der Waals surface area contributed by atoms with Crippen LogP contribution in [0.4, 0.5) is 10.1 Å². The van der Waals surface area contributed by atoms with Gasteiger partial charge in [-0.25, -0.2) is 4.39 Å². The Morgan fingerprint density at radius 1 is 1.17 bits per heavy atom. The Labute approximate surface area is 134 Å². The summed E-state index contributed by atoms with van der Waals surface area (Å²) in [4.78, 5) is 12.0. The van der Waals surface area contributed by atoms with Crippen LogP contribution in [0.25, 0.3) is 0 Å². The maximum absolute atomic E-state index is 13.2. The lowest BCUT2D eigenvalue weighted by atomic mass is 10.2. The van der Waals surface area contributed by atoms with E-state index in [9.17, 15) is 9.18 Å².